The van der Waals surface area contributed by atoms with Crippen LogP contribution in [-0.4, -0.2) is 5.11 Å². The van der Waals surface area contributed by atoms with Crippen molar-refractivity contribution in [3.63, 3.8) is 0 Å². The van der Waals surface area contributed by atoms with Crippen LogP contribution in [-0.2, 0) is 17.4 Å². The van der Waals surface area contributed by atoms with Crippen molar-refractivity contribution in [3.8, 4) is 5.75 Å². The van der Waals surface area contributed by atoms with Crippen molar-refractivity contribution in [2.45, 2.75) is 58.9 Å². The second-order valence-corrected chi connectivity index (χ2v) is 6.72. The third-order valence-electron chi connectivity index (χ3n) is 2.99. The molecule has 0 aliphatic carbocycles. The molecule has 17 heavy (non-hydrogen) atoms. The highest BCUT2D eigenvalue weighted by Gasteiger charge is 2.26. The Labute approximate surface area is 105 Å². The molecule has 1 aromatic rings. The van der Waals surface area contributed by atoms with E-state index in [2.05, 4.69) is 41.5 Å². The molecule has 0 amide bonds. The molecule has 95 valence electrons. The molecule has 2 nitrogen and oxygen atoms in total. The van der Waals surface area contributed by atoms with E-state index in [1.165, 1.54) is 0 Å². The third kappa shape index (κ3) is 3.01. The Bertz CT molecular complexity index is 373. The fraction of sp³-hybridized carbons (Fsp3) is 0.600. The van der Waals surface area contributed by atoms with E-state index in [0.29, 0.717) is 5.75 Å². The van der Waals surface area contributed by atoms with E-state index in [9.17, 15) is 5.11 Å². The van der Waals surface area contributed by atoms with Gasteiger partial charge < -0.3 is 5.11 Å². The lowest BCUT2D eigenvalue weighted by Crippen LogP contribution is -2.18. The predicted molar refractivity (Wildman–Crippen MR) is 72.3 cm³/mol. The second kappa shape index (κ2) is 4.34. The van der Waals surface area contributed by atoms with E-state index in [4.69, 9.17) is 5.73 Å². The minimum absolute atomic E-state index is 0.102. The molecule has 2 N–H and O–H groups in total. The maximum Gasteiger partial charge on any atom is 0.123 e. The molecule has 0 heterocycles. The van der Waals surface area contributed by atoms with Gasteiger partial charge in [0.25, 0.3) is 0 Å². The van der Waals surface area contributed by atoms with Gasteiger partial charge in [-0.2, -0.15) is 0 Å². The van der Waals surface area contributed by atoms with Crippen molar-refractivity contribution < 1.29 is 5.11 Å². The highest BCUT2D eigenvalue weighted by atomic mass is 16.3. The summed E-state index contributed by atoms with van der Waals surface area (Å²) >= 11 is 0. The molecule has 0 spiro atoms. The molecule has 0 fully saturated rings. The summed E-state index contributed by atoms with van der Waals surface area (Å²) in [5.41, 5.74) is 10.2. The molecule has 0 aromatic heterocycles. The van der Waals surface area contributed by atoms with Crippen molar-refractivity contribution in [1.29, 1.82) is 0 Å². The Balaban J connectivity index is 3.53. The van der Waals surface area contributed by atoms with Gasteiger partial charge in [0, 0.05) is 6.54 Å². The zero-order chi connectivity index (χ0) is 13.4. The van der Waals surface area contributed by atoms with E-state index in [-0.39, 0.29) is 17.4 Å². The van der Waals surface area contributed by atoms with Crippen molar-refractivity contribution >= 4 is 0 Å². The van der Waals surface area contributed by atoms with Gasteiger partial charge in [-0.15, -0.1) is 0 Å². The average molecular weight is 234 g/mol. The van der Waals surface area contributed by atoms with Gasteiger partial charge in [-0.05, 0) is 27.5 Å². The van der Waals surface area contributed by atoms with Gasteiger partial charge >= 0.3 is 0 Å². The summed E-state index contributed by atoms with van der Waals surface area (Å²) < 4.78 is 0. The Hall–Kier alpha value is -1.02. The SMILES string of the molecule is CC(C)(C)c1cc(C[NH])cc(C(C)(C)C)c1O. The number of aromatic hydroxyl groups is 1. The van der Waals surface area contributed by atoms with E-state index < -0.39 is 0 Å². The Morgan fingerprint density at radius 2 is 1.29 bits per heavy atom. The molecule has 1 aromatic carbocycles. The molecule has 0 aliphatic rings. The van der Waals surface area contributed by atoms with Crippen LogP contribution < -0.4 is 5.73 Å². The first-order valence-electron chi connectivity index (χ1n) is 6.09. The molecule has 2 heteroatoms. The minimum Gasteiger partial charge on any atom is -0.507 e. The molecule has 0 saturated carbocycles. The molecular formula is C15H24NO. The number of nitrogens with one attached hydrogen (secondary N) is 1. The summed E-state index contributed by atoms with van der Waals surface area (Å²) in [6.07, 6.45) is 0. The summed E-state index contributed by atoms with van der Waals surface area (Å²) in [7, 11) is 0. The van der Waals surface area contributed by atoms with Gasteiger partial charge in [-0.1, -0.05) is 53.7 Å². The highest BCUT2D eigenvalue weighted by Crippen LogP contribution is 2.39. The predicted octanol–water partition coefficient (Wildman–Crippen LogP) is 3.77. The molecule has 0 aliphatic heterocycles. The summed E-state index contributed by atoms with van der Waals surface area (Å²) in [6, 6.07) is 3.91. The highest BCUT2D eigenvalue weighted by molar-refractivity contribution is 5.49. The van der Waals surface area contributed by atoms with Crippen LogP contribution in [0.25, 0.3) is 0 Å². The van der Waals surface area contributed by atoms with E-state index in [0.717, 1.165) is 16.7 Å². The fourth-order valence-electron chi connectivity index (χ4n) is 1.94. The van der Waals surface area contributed by atoms with Gasteiger partial charge in [-0.3, -0.25) is 5.73 Å². The average Bonchev–Trinajstić information content (AvgIpc) is 2.14. The number of rotatable bonds is 1. The summed E-state index contributed by atoms with van der Waals surface area (Å²) in [5.74, 6) is 0.391. The normalized spacial score (nSPS) is 12.9. The van der Waals surface area contributed by atoms with Crippen molar-refractivity contribution in [1.82, 2.24) is 5.73 Å². The van der Waals surface area contributed by atoms with Crippen LogP contribution >= 0.6 is 0 Å². The Morgan fingerprint density at radius 1 is 0.941 bits per heavy atom. The zero-order valence-electron chi connectivity index (χ0n) is 11.8. The molecule has 1 rings (SSSR count). The molecule has 0 atom stereocenters. The summed E-state index contributed by atoms with van der Waals surface area (Å²) in [4.78, 5) is 0. The van der Waals surface area contributed by atoms with Gasteiger partial charge in [0.05, 0.1) is 0 Å². The molecular weight excluding hydrogens is 210 g/mol. The molecule has 0 bridgehead atoms. The lowest BCUT2D eigenvalue weighted by Gasteiger charge is -2.28. The topological polar surface area (TPSA) is 44.0 Å². The lowest BCUT2D eigenvalue weighted by molar-refractivity contribution is 0.422. The van der Waals surface area contributed by atoms with E-state index in [1.54, 1.807) is 0 Å². The van der Waals surface area contributed by atoms with Gasteiger partial charge in [0.15, 0.2) is 0 Å². The quantitative estimate of drug-likeness (QED) is 0.789. The number of hydrogen-bond acceptors (Lipinski definition) is 1. The zero-order valence-corrected chi connectivity index (χ0v) is 11.8. The minimum atomic E-state index is -0.102. The first-order valence-corrected chi connectivity index (χ1v) is 6.09. The van der Waals surface area contributed by atoms with Gasteiger partial charge in [0.1, 0.15) is 5.75 Å². The number of hydrogen-bond donors (Lipinski definition) is 1. The largest absolute Gasteiger partial charge is 0.507 e. The van der Waals surface area contributed by atoms with Crippen LogP contribution in [0.1, 0.15) is 58.2 Å². The van der Waals surface area contributed by atoms with E-state index >= 15 is 0 Å². The maximum atomic E-state index is 10.4. The van der Waals surface area contributed by atoms with Crippen molar-refractivity contribution in [3.05, 3.63) is 28.8 Å². The van der Waals surface area contributed by atoms with Gasteiger partial charge in [-0.25, -0.2) is 0 Å². The fourth-order valence-corrected chi connectivity index (χ4v) is 1.94. The summed E-state index contributed by atoms with van der Waals surface area (Å²) in [5, 5.41) is 10.4. The smallest absolute Gasteiger partial charge is 0.123 e. The van der Waals surface area contributed by atoms with Crippen LogP contribution in [0.4, 0.5) is 0 Å². The summed E-state index contributed by atoms with van der Waals surface area (Å²) in [6.45, 7) is 12.8. The second-order valence-electron chi connectivity index (χ2n) is 6.72. The van der Waals surface area contributed by atoms with Crippen LogP contribution in [0, 0.1) is 0 Å². The first kappa shape index (κ1) is 14.0. The van der Waals surface area contributed by atoms with Crippen LogP contribution in [0.2, 0.25) is 0 Å². The lowest BCUT2D eigenvalue weighted by atomic mass is 9.78. The van der Waals surface area contributed by atoms with Crippen molar-refractivity contribution in [2.24, 2.45) is 0 Å². The van der Waals surface area contributed by atoms with Gasteiger partial charge in [0.2, 0.25) is 0 Å². The number of phenols is 1. The van der Waals surface area contributed by atoms with Crippen LogP contribution in [0.5, 0.6) is 5.75 Å². The van der Waals surface area contributed by atoms with Crippen LogP contribution in [0.15, 0.2) is 12.1 Å². The Morgan fingerprint density at radius 3 is 1.53 bits per heavy atom. The Kier molecular flexibility index (Phi) is 3.58. The number of benzene rings is 1. The van der Waals surface area contributed by atoms with Crippen LogP contribution in [0.3, 0.4) is 0 Å². The van der Waals surface area contributed by atoms with Crippen molar-refractivity contribution in [2.75, 3.05) is 0 Å². The molecule has 0 unspecified atom stereocenters. The van der Waals surface area contributed by atoms with E-state index in [1.807, 2.05) is 12.1 Å². The first-order chi connectivity index (χ1) is 7.57. The standard InChI is InChI=1S/C15H24NO/c1-14(2,3)11-7-10(9-16)8-12(13(11)17)15(4,5)6/h7-8,16-17H,9H2,1-6H3. The monoisotopic (exact) mass is 234 g/mol. The third-order valence-corrected chi connectivity index (χ3v) is 2.99. The molecule has 0 saturated heterocycles. The maximum absolute atomic E-state index is 10.4. The molecule has 1 radical (unpaired) electrons. The number of phenolic OH excluding ortho intramolecular Hbond substituents is 1.